The number of nitrogens with zero attached hydrogens (tertiary/aromatic N) is 3. The van der Waals surface area contributed by atoms with Gasteiger partial charge in [0.25, 0.3) is 11.2 Å². The van der Waals surface area contributed by atoms with Crippen LogP contribution in [0.1, 0.15) is 5.56 Å². The molecule has 116 valence electrons. The summed E-state index contributed by atoms with van der Waals surface area (Å²) in [5, 5.41) is 11.2. The maximum Gasteiger partial charge on any atom is 0.271 e. The second-order valence-electron chi connectivity index (χ2n) is 4.87. The highest BCUT2D eigenvalue weighted by Gasteiger charge is 2.11. The van der Waals surface area contributed by atoms with Crippen molar-refractivity contribution in [3.63, 3.8) is 0 Å². The van der Waals surface area contributed by atoms with E-state index in [9.17, 15) is 19.3 Å². The van der Waals surface area contributed by atoms with Crippen LogP contribution in [-0.2, 0) is 6.54 Å². The molecule has 1 aromatic heterocycles. The lowest BCUT2D eigenvalue weighted by atomic mass is 10.2. The quantitative estimate of drug-likeness (QED) is 0.545. The zero-order chi connectivity index (χ0) is 16.6. The molecule has 0 saturated carbocycles. The van der Waals surface area contributed by atoms with Crippen molar-refractivity contribution in [3.8, 4) is 0 Å². The topological polar surface area (TPSA) is 78.0 Å². The Bertz CT molecular complexity index is 987. The van der Waals surface area contributed by atoms with Crippen LogP contribution in [-0.4, -0.2) is 14.5 Å². The Kier molecular flexibility index (Phi) is 3.79. The van der Waals surface area contributed by atoms with Gasteiger partial charge >= 0.3 is 0 Å². The molecule has 0 atom stereocenters. The minimum absolute atomic E-state index is 0.123. The molecular weight excluding hydrogens is 325 g/mol. The van der Waals surface area contributed by atoms with E-state index in [-0.39, 0.29) is 33.7 Å². The summed E-state index contributed by atoms with van der Waals surface area (Å²) in [6, 6.07) is 7.77. The van der Waals surface area contributed by atoms with Crippen molar-refractivity contribution >= 4 is 28.2 Å². The van der Waals surface area contributed by atoms with Gasteiger partial charge in [0.05, 0.1) is 28.7 Å². The predicted octanol–water partition coefficient (Wildman–Crippen LogP) is 3.15. The van der Waals surface area contributed by atoms with Crippen LogP contribution in [0.15, 0.2) is 47.5 Å². The number of nitro groups is 1. The molecule has 0 aliphatic rings. The molecule has 6 nitrogen and oxygen atoms in total. The molecule has 0 bridgehead atoms. The maximum atomic E-state index is 13.1. The first-order valence-electron chi connectivity index (χ1n) is 6.53. The smallest absolute Gasteiger partial charge is 0.271 e. The van der Waals surface area contributed by atoms with Gasteiger partial charge < -0.3 is 0 Å². The van der Waals surface area contributed by atoms with Gasteiger partial charge in [0.1, 0.15) is 5.82 Å². The minimum Gasteiger partial charge on any atom is -0.294 e. The first-order chi connectivity index (χ1) is 11.0. The van der Waals surface area contributed by atoms with Crippen LogP contribution < -0.4 is 5.56 Å². The second kappa shape index (κ2) is 5.77. The highest BCUT2D eigenvalue weighted by Crippen LogP contribution is 2.19. The van der Waals surface area contributed by atoms with Gasteiger partial charge in [-0.3, -0.25) is 19.5 Å². The zero-order valence-corrected chi connectivity index (χ0v) is 12.3. The largest absolute Gasteiger partial charge is 0.294 e. The fraction of sp³-hybridized carbons (Fsp3) is 0.0667. The van der Waals surface area contributed by atoms with E-state index >= 15 is 0 Å². The average Bonchev–Trinajstić information content (AvgIpc) is 2.52. The Morgan fingerprint density at radius 2 is 2.04 bits per heavy atom. The molecule has 3 aromatic rings. The number of non-ortho nitro benzene ring substituents is 1. The van der Waals surface area contributed by atoms with Gasteiger partial charge in [-0.2, -0.15) is 0 Å². The van der Waals surface area contributed by atoms with E-state index in [0.29, 0.717) is 5.56 Å². The third-order valence-corrected chi connectivity index (χ3v) is 3.73. The Morgan fingerprint density at radius 1 is 1.26 bits per heavy atom. The lowest BCUT2D eigenvalue weighted by molar-refractivity contribution is -0.384. The molecule has 0 amide bonds. The Morgan fingerprint density at radius 3 is 2.74 bits per heavy atom. The number of aromatic nitrogens is 2. The fourth-order valence-corrected chi connectivity index (χ4v) is 2.43. The van der Waals surface area contributed by atoms with Gasteiger partial charge in [-0.05, 0) is 23.8 Å². The first kappa shape index (κ1) is 15.1. The third kappa shape index (κ3) is 2.91. The normalized spacial score (nSPS) is 10.9. The van der Waals surface area contributed by atoms with E-state index in [4.69, 9.17) is 11.6 Å². The number of hydrogen-bond donors (Lipinski definition) is 0. The molecule has 0 aliphatic carbocycles. The van der Waals surface area contributed by atoms with Crippen LogP contribution in [0.25, 0.3) is 10.9 Å². The molecule has 0 N–H and O–H groups in total. The monoisotopic (exact) mass is 333 g/mol. The summed E-state index contributed by atoms with van der Waals surface area (Å²) in [6.07, 6.45) is 1.29. The van der Waals surface area contributed by atoms with Gasteiger partial charge in [0.15, 0.2) is 0 Å². The number of halogens is 2. The highest BCUT2D eigenvalue weighted by molar-refractivity contribution is 6.31. The van der Waals surface area contributed by atoms with Gasteiger partial charge in [0, 0.05) is 17.2 Å². The molecule has 1 heterocycles. The summed E-state index contributed by atoms with van der Waals surface area (Å²) in [5.74, 6) is -0.463. The summed E-state index contributed by atoms with van der Waals surface area (Å²) < 4.78 is 14.4. The summed E-state index contributed by atoms with van der Waals surface area (Å²) >= 11 is 5.95. The Hall–Kier alpha value is -2.80. The van der Waals surface area contributed by atoms with Crippen molar-refractivity contribution in [1.82, 2.24) is 9.55 Å². The van der Waals surface area contributed by atoms with Crippen molar-refractivity contribution in [1.29, 1.82) is 0 Å². The third-order valence-electron chi connectivity index (χ3n) is 3.38. The number of fused-ring (bicyclic) bond motifs is 1. The van der Waals surface area contributed by atoms with Crippen LogP contribution in [0.3, 0.4) is 0 Å². The van der Waals surface area contributed by atoms with Gasteiger partial charge in [-0.15, -0.1) is 0 Å². The van der Waals surface area contributed by atoms with E-state index in [1.54, 1.807) is 0 Å². The molecule has 23 heavy (non-hydrogen) atoms. The van der Waals surface area contributed by atoms with Crippen LogP contribution in [0.2, 0.25) is 5.02 Å². The van der Waals surface area contributed by atoms with E-state index in [0.717, 1.165) is 0 Å². The summed E-state index contributed by atoms with van der Waals surface area (Å²) in [7, 11) is 0. The lowest BCUT2D eigenvalue weighted by Gasteiger charge is -2.08. The van der Waals surface area contributed by atoms with E-state index < -0.39 is 10.7 Å². The Balaban J connectivity index is 2.05. The van der Waals surface area contributed by atoms with Crippen LogP contribution in [0, 0.1) is 15.9 Å². The second-order valence-corrected chi connectivity index (χ2v) is 5.28. The molecule has 0 aliphatic heterocycles. The van der Waals surface area contributed by atoms with Crippen molar-refractivity contribution in [2.24, 2.45) is 0 Å². The average molecular weight is 334 g/mol. The number of nitro benzene ring substituents is 1. The van der Waals surface area contributed by atoms with Gasteiger partial charge in [0.2, 0.25) is 0 Å². The number of benzene rings is 2. The minimum atomic E-state index is -0.551. The zero-order valence-electron chi connectivity index (χ0n) is 11.6. The molecule has 2 aromatic carbocycles. The van der Waals surface area contributed by atoms with Crippen molar-refractivity contribution in [2.45, 2.75) is 6.54 Å². The molecule has 3 rings (SSSR count). The molecule has 0 fully saturated rings. The molecular formula is C15H9ClFN3O3. The SMILES string of the molecule is O=c1c2ccc([N+](=O)[O-])cc2ncn1Cc1ccc(F)cc1Cl. The molecule has 8 heteroatoms. The first-order valence-corrected chi connectivity index (χ1v) is 6.91. The molecule has 0 spiro atoms. The van der Waals surface area contributed by atoms with Crippen molar-refractivity contribution in [3.05, 3.63) is 79.6 Å². The number of hydrogen-bond acceptors (Lipinski definition) is 4. The maximum absolute atomic E-state index is 13.1. The predicted molar refractivity (Wildman–Crippen MR) is 83.2 cm³/mol. The van der Waals surface area contributed by atoms with E-state index in [1.807, 2.05) is 0 Å². The molecule has 0 unspecified atom stereocenters. The summed E-state index contributed by atoms with van der Waals surface area (Å²) in [4.78, 5) is 26.7. The van der Waals surface area contributed by atoms with Crippen LogP contribution in [0.4, 0.5) is 10.1 Å². The highest BCUT2D eigenvalue weighted by atomic mass is 35.5. The van der Waals surface area contributed by atoms with Crippen LogP contribution >= 0.6 is 11.6 Å². The van der Waals surface area contributed by atoms with Gasteiger partial charge in [-0.25, -0.2) is 9.37 Å². The van der Waals surface area contributed by atoms with E-state index in [2.05, 4.69) is 4.98 Å². The van der Waals surface area contributed by atoms with Crippen LogP contribution in [0.5, 0.6) is 0 Å². The molecule has 0 radical (unpaired) electrons. The van der Waals surface area contributed by atoms with Crippen molar-refractivity contribution < 1.29 is 9.31 Å². The lowest BCUT2D eigenvalue weighted by Crippen LogP contribution is -2.21. The van der Waals surface area contributed by atoms with E-state index in [1.165, 1.54) is 47.3 Å². The van der Waals surface area contributed by atoms with Crippen molar-refractivity contribution in [2.75, 3.05) is 0 Å². The number of rotatable bonds is 3. The fourth-order valence-electron chi connectivity index (χ4n) is 2.21. The molecule has 0 saturated heterocycles. The summed E-state index contributed by atoms with van der Waals surface area (Å²) in [6.45, 7) is 0.123. The van der Waals surface area contributed by atoms with Gasteiger partial charge in [-0.1, -0.05) is 17.7 Å². The Labute approximate surface area is 133 Å². The summed E-state index contributed by atoms with van der Waals surface area (Å²) in [5.41, 5.74) is 0.318. The standard InChI is InChI=1S/C15H9ClFN3O3/c16-13-5-10(17)2-1-9(13)7-19-8-18-14-6-11(20(22)23)3-4-12(14)15(19)21/h1-6,8H,7H2.